The number of carbonyl (C=O) groups is 2. The Labute approximate surface area is 125 Å². The molecule has 1 fully saturated rings. The zero-order valence-electron chi connectivity index (χ0n) is 12.9. The maximum absolute atomic E-state index is 12.5. The van der Waals surface area contributed by atoms with E-state index in [1.54, 1.807) is 26.0 Å². The highest BCUT2D eigenvalue weighted by Crippen LogP contribution is 2.28. The first kappa shape index (κ1) is 15.5. The fourth-order valence-electron chi connectivity index (χ4n) is 3.23. The zero-order valence-corrected chi connectivity index (χ0v) is 12.9. The molecular formula is C17H23NO3. The summed E-state index contributed by atoms with van der Waals surface area (Å²) in [6.07, 6.45) is 4.71. The van der Waals surface area contributed by atoms with E-state index < -0.39 is 5.97 Å². The molecule has 1 saturated carbocycles. The summed E-state index contributed by atoms with van der Waals surface area (Å²) < 4.78 is 0. The van der Waals surface area contributed by atoms with E-state index >= 15 is 0 Å². The normalized spacial score (nSPS) is 16.7. The summed E-state index contributed by atoms with van der Waals surface area (Å²) in [6.45, 7) is 5.51. The van der Waals surface area contributed by atoms with Gasteiger partial charge in [-0.1, -0.05) is 25.0 Å². The molecule has 0 aliphatic heterocycles. The summed E-state index contributed by atoms with van der Waals surface area (Å²) >= 11 is 0. The maximum Gasteiger partial charge on any atom is 0.336 e. The number of benzene rings is 1. The zero-order chi connectivity index (χ0) is 15.6. The van der Waals surface area contributed by atoms with Gasteiger partial charge in [0, 0.05) is 6.04 Å². The molecule has 0 saturated heterocycles. The first-order valence-corrected chi connectivity index (χ1v) is 7.56. The Balaban J connectivity index is 2.26. The highest BCUT2D eigenvalue weighted by molar-refractivity contribution is 6.06. The summed E-state index contributed by atoms with van der Waals surface area (Å²) in [6, 6.07) is 3.63. The van der Waals surface area contributed by atoms with Gasteiger partial charge in [-0.3, -0.25) is 4.79 Å². The number of carbonyl (C=O) groups excluding carboxylic acids is 1. The molecule has 0 heterocycles. The maximum atomic E-state index is 12.5. The van der Waals surface area contributed by atoms with Gasteiger partial charge in [-0.25, -0.2) is 4.79 Å². The molecule has 2 rings (SSSR count). The number of hydrogen-bond acceptors (Lipinski definition) is 2. The van der Waals surface area contributed by atoms with Crippen LogP contribution in [0.15, 0.2) is 12.1 Å². The van der Waals surface area contributed by atoms with Gasteiger partial charge >= 0.3 is 5.97 Å². The average Bonchev–Trinajstić information content (AvgIpc) is 2.94. The molecule has 0 spiro atoms. The molecule has 1 aliphatic carbocycles. The molecule has 1 aliphatic rings. The van der Waals surface area contributed by atoms with Crippen LogP contribution in [0, 0.1) is 19.8 Å². The van der Waals surface area contributed by atoms with E-state index in [2.05, 4.69) is 5.32 Å². The lowest BCUT2D eigenvalue weighted by Crippen LogP contribution is -2.38. The van der Waals surface area contributed by atoms with Crippen molar-refractivity contribution >= 4 is 11.9 Å². The number of amides is 1. The SMILES string of the molecule is Cc1ccc(C)c(C(=O)NC(C)C2CCCC2)c1C(=O)O. The van der Waals surface area contributed by atoms with E-state index in [-0.39, 0.29) is 17.5 Å². The smallest absolute Gasteiger partial charge is 0.336 e. The monoisotopic (exact) mass is 289 g/mol. The van der Waals surface area contributed by atoms with Crippen molar-refractivity contribution in [1.82, 2.24) is 5.32 Å². The van der Waals surface area contributed by atoms with Crippen LogP contribution in [-0.4, -0.2) is 23.0 Å². The van der Waals surface area contributed by atoms with Crippen LogP contribution in [0.4, 0.5) is 0 Å². The molecule has 0 aromatic heterocycles. The van der Waals surface area contributed by atoms with Crippen molar-refractivity contribution in [2.24, 2.45) is 5.92 Å². The lowest BCUT2D eigenvalue weighted by atomic mass is 9.95. The summed E-state index contributed by atoms with van der Waals surface area (Å²) in [4.78, 5) is 24.0. The third-order valence-corrected chi connectivity index (χ3v) is 4.53. The Morgan fingerprint density at radius 2 is 1.67 bits per heavy atom. The predicted octanol–water partition coefficient (Wildman–Crippen LogP) is 3.31. The highest BCUT2D eigenvalue weighted by Gasteiger charge is 2.26. The summed E-state index contributed by atoms with van der Waals surface area (Å²) in [5.41, 5.74) is 1.74. The largest absolute Gasteiger partial charge is 0.478 e. The second kappa shape index (κ2) is 6.29. The van der Waals surface area contributed by atoms with Crippen molar-refractivity contribution in [3.8, 4) is 0 Å². The third-order valence-electron chi connectivity index (χ3n) is 4.53. The van der Waals surface area contributed by atoms with Gasteiger partial charge in [-0.15, -0.1) is 0 Å². The molecule has 1 aromatic carbocycles. The molecule has 4 nitrogen and oxygen atoms in total. The second-order valence-corrected chi connectivity index (χ2v) is 6.06. The minimum atomic E-state index is -1.05. The van der Waals surface area contributed by atoms with E-state index in [9.17, 15) is 14.7 Å². The molecule has 4 heteroatoms. The van der Waals surface area contributed by atoms with Crippen LogP contribution in [0.25, 0.3) is 0 Å². The molecule has 1 atom stereocenters. The Hall–Kier alpha value is -1.84. The van der Waals surface area contributed by atoms with Gasteiger partial charge in [0.25, 0.3) is 5.91 Å². The molecule has 1 aromatic rings. The lowest BCUT2D eigenvalue weighted by molar-refractivity contribution is 0.0689. The van der Waals surface area contributed by atoms with Gasteiger partial charge in [-0.05, 0) is 50.7 Å². The molecule has 114 valence electrons. The summed E-state index contributed by atoms with van der Waals surface area (Å²) in [5, 5.41) is 12.4. The van der Waals surface area contributed by atoms with Crippen LogP contribution in [0.3, 0.4) is 0 Å². The van der Waals surface area contributed by atoms with Gasteiger partial charge in [0.15, 0.2) is 0 Å². The Kier molecular flexibility index (Phi) is 4.66. The second-order valence-electron chi connectivity index (χ2n) is 6.06. The first-order chi connectivity index (χ1) is 9.91. The van der Waals surface area contributed by atoms with E-state index in [1.165, 1.54) is 12.8 Å². The average molecular weight is 289 g/mol. The Morgan fingerprint density at radius 3 is 2.19 bits per heavy atom. The minimum absolute atomic E-state index is 0.0848. The van der Waals surface area contributed by atoms with Crippen molar-refractivity contribution in [1.29, 1.82) is 0 Å². The van der Waals surface area contributed by atoms with Crippen LogP contribution in [-0.2, 0) is 0 Å². The van der Waals surface area contributed by atoms with Crippen LogP contribution in [0.5, 0.6) is 0 Å². The molecular weight excluding hydrogens is 266 g/mol. The van der Waals surface area contributed by atoms with Crippen molar-refractivity contribution in [2.75, 3.05) is 0 Å². The van der Waals surface area contributed by atoms with Crippen molar-refractivity contribution in [3.05, 3.63) is 34.4 Å². The highest BCUT2D eigenvalue weighted by atomic mass is 16.4. The molecule has 0 radical (unpaired) electrons. The predicted molar refractivity (Wildman–Crippen MR) is 81.8 cm³/mol. The van der Waals surface area contributed by atoms with Gasteiger partial charge < -0.3 is 10.4 Å². The Morgan fingerprint density at radius 1 is 1.14 bits per heavy atom. The first-order valence-electron chi connectivity index (χ1n) is 7.56. The summed E-state index contributed by atoms with van der Waals surface area (Å²) in [5.74, 6) is -0.810. The van der Waals surface area contributed by atoms with Crippen LogP contribution < -0.4 is 5.32 Å². The van der Waals surface area contributed by atoms with Crippen LogP contribution in [0.2, 0.25) is 0 Å². The molecule has 1 unspecified atom stereocenters. The lowest BCUT2D eigenvalue weighted by Gasteiger charge is -2.21. The van der Waals surface area contributed by atoms with Gasteiger partial charge in [-0.2, -0.15) is 0 Å². The van der Waals surface area contributed by atoms with Gasteiger partial charge in [0.05, 0.1) is 11.1 Å². The quantitative estimate of drug-likeness (QED) is 0.893. The van der Waals surface area contributed by atoms with E-state index in [0.717, 1.165) is 12.8 Å². The van der Waals surface area contributed by atoms with Gasteiger partial charge in [0.2, 0.25) is 0 Å². The number of nitrogens with one attached hydrogen (secondary N) is 1. The van der Waals surface area contributed by atoms with E-state index in [1.807, 2.05) is 6.92 Å². The number of rotatable bonds is 4. The fourth-order valence-corrected chi connectivity index (χ4v) is 3.23. The van der Waals surface area contributed by atoms with E-state index in [4.69, 9.17) is 0 Å². The molecule has 21 heavy (non-hydrogen) atoms. The van der Waals surface area contributed by atoms with Gasteiger partial charge in [0.1, 0.15) is 0 Å². The number of carboxylic acids is 1. The molecule has 2 N–H and O–H groups in total. The Bertz CT molecular complexity index is 559. The van der Waals surface area contributed by atoms with Crippen molar-refractivity contribution in [3.63, 3.8) is 0 Å². The number of hydrogen-bond donors (Lipinski definition) is 2. The molecule has 0 bridgehead atoms. The number of carboxylic acid groups (broad SMARTS) is 1. The number of aromatic carboxylic acids is 1. The van der Waals surface area contributed by atoms with Crippen LogP contribution in [0.1, 0.15) is 64.4 Å². The minimum Gasteiger partial charge on any atom is -0.478 e. The van der Waals surface area contributed by atoms with Crippen molar-refractivity contribution in [2.45, 2.75) is 52.5 Å². The van der Waals surface area contributed by atoms with E-state index in [0.29, 0.717) is 22.6 Å². The standard InChI is InChI=1S/C17H23NO3/c1-10-8-9-11(2)15(17(20)21)14(10)16(19)18-12(3)13-6-4-5-7-13/h8-9,12-13H,4-7H2,1-3H3,(H,18,19)(H,20,21). The fraction of sp³-hybridized carbons (Fsp3) is 0.529. The topological polar surface area (TPSA) is 66.4 Å². The number of aryl methyl sites for hydroxylation is 2. The van der Waals surface area contributed by atoms with Crippen molar-refractivity contribution < 1.29 is 14.7 Å². The van der Waals surface area contributed by atoms with Crippen LogP contribution >= 0.6 is 0 Å². The third kappa shape index (κ3) is 3.26. The summed E-state index contributed by atoms with van der Waals surface area (Å²) in [7, 11) is 0. The molecule has 1 amide bonds.